The molecule has 1 fully saturated rings. The number of morpholine rings is 1. The van der Waals surface area contributed by atoms with Crippen LogP contribution in [-0.4, -0.2) is 47.6 Å². The maximum absolute atomic E-state index is 13.1. The van der Waals surface area contributed by atoms with E-state index >= 15 is 0 Å². The Balaban J connectivity index is 2.41. The van der Waals surface area contributed by atoms with Crippen molar-refractivity contribution in [2.45, 2.75) is 52.5 Å². The number of hydrogen-bond donors (Lipinski definition) is 1. The second-order valence-corrected chi connectivity index (χ2v) is 7.93. The van der Waals surface area contributed by atoms with Crippen LogP contribution < -0.4 is 0 Å². The third-order valence-corrected chi connectivity index (χ3v) is 4.73. The summed E-state index contributed by atoms with van der Waals surface area (Å²) in [7, 11) is 0. The summed E-state index contributed by atoms with van der Waals surface area (Å²) < 4.78 is 5.39. The van der Waals surface area contributed by atoms with Crippen LogP contribution in [0.25, 0.3) is 0 Å². The summed E-state index contributed by atoms with van der Waals surface area (Å²) in [5.41, 5.74) is 1.44. The number of nitrogens with zero attached hydrogens (tertiary/aromatic N) is 1. The molecular formula is C19H29NO3. The lowest BCUT2D eigenvalue weighted by atomic mass is 9.81. The quantitative estimate of drug-likeness (QED) is 0.869. The van der Waals surface area contributed by atoms with Gasteiger partial charge >= 0.3 is 0 Å². The summed E-state index contributed by atoms with van der Waals surface area (Å²) in [5.74, 6) is 0.381. The molecular weight excluding hydrogens is 290 g/mol. The van der Waals surface area contributed by atoms with Gasteiger partial charge in [-0.15, -0.1) is 0 Å². The normalized spacial score (nSPS) is 17.3. The Hall–Kier alpha value is -1.39. The number of phenolic OH excluding ortho intramolecular Hbond substituents is 1. The van der Waals surface area contributed by atoms with E-state index in [1.165, 1.54) is 0 Å². The minimum absolute atomic E-state index is 0.0907. The van der Waals surface area contributed by atoms with Crippen molar-refractivity contribution >= 4 is 5.78 Å². The molecule has 1 aliphatic heterocycles. The van der Waals surface area contributed by atoms with E-state index in [2.05, 4.69) is 4.90 Å². The summed E-state index contributed by atoms with van der Waals surface area (Å²) in [6.45, 7) is 14.8. The monoisotopic (exact) mass is 319 g/mol. The zero-order valence-electron chi connectivity index (χ0n) is 15.2. The zero-order valence-corrected chi connectivity index (χ0v) is 15.2. The Labute approximate surface area is 139 Å². The van der Waals surface area contributed by atoms with Gasteiger partial charge in [-0.3, -0.25) is 9.69 Å². The van der Waals surface area contributed by atoms with Gasteiger partial charge in [-0.05, 0) is 43.9 Å². The van der Waals surface area contributed by atoms with Gasteiger partial charge in [0, 0.05) is 24.2 Å². The molecule has 0 spiro atoms. The number of rotatable bonds is 3. The van der Waals surface area contributed by atoms with Crippen LogP contribution in [0.4, 0.5) is 0 Å². The topological polar surface area (TPSA) is 49.8 Å². The van der Waals surface area contributed by atoms with E-state index in [1.807, 2.05) is 47.6 Å². The number of benzene rings is 1. The molecule has 2 rings (SSSR count). The Morgan fingerprint density at radius 1 is 1.13 bits per heavy atom. The first-order chi connectivity index (χ1) is 10.5. The third-order valence-electron chi connectivity index (χ3n) is 4.73. The van der Waals surface area contributed by atoms with Crippen LogP contribution in [0.2, 0.25) is 0 Å². The van der Waals surface area contributed by atoms with E-state index in [9.17, 15) is 9.90 Å². The maximum Gasteiger partial charge on any atom is 0.182 e. The molecule has 1 N–H and O–H groups in total. The van der Waals surface area contributed by atoms with Crippen LogP contribution in [0.1, 0.15) is 56.1 Å². The first kappa shape index (κ1) is 18.0. The van der Waals surface area contributed by atoms with Gasteiger partial charge in [0.2, 0.25) is 0 Å². The van der Waals surface area contributed by atoms with Crippen molar-refractivity contribution in [1.82, 2.24) is 4.90 Å². The number of aromatic hydroxyl groups is 1. The molecule has 4 heteroatoms. The van der Waals surface area contributed by atoms with Crippen LogP contribution in [-0.2, 0) is 10.2 Å². The van der Waals surface area contributed by atoms with Gasteiger partial charge in [0.1, 0.15) is 5.75 Å². The van der Waals surface area contributed by atoms with Crippen LogP contribution in [0.5, 0.6) is 5.75 Å². The van der Waals surface area contributed by atoms with Gasteiger partial charge in [-0.25, -0.2) is 0 Å². The molecule has 128 valence electrons. The first-order valence-electron chi connectivity index (χ1n) is 8.27. The van der Waals surface area contributed by atoms with Crippen LogP contribution in [0.3, 0.4) is 0 Å². The highest BCUT2D eigenvalue weighted by Gasteiger charge is 2.36. The van der Waals surface area contributed by atoms with Crippen molar-refractivity contribution in [2.24, 2.45) is 0 Å². The SMILES string of the molecule is Cc1cc(C(=O)C(C)(C)N2CCOCC2)cc(C(C)(C)C)c1O. The lowest BCUT2D eigenvalue weighted by Crippen LogP contribution is -2.54. The molecule has 1 saturated heterocycles. The Bertz CT molecular complexity index is 593. The standard InChI is InChI=1S/C19H29NO3/c1-13-11-14(12-15(16(13)21)18(2,3)4)17(22)19(5,6)20-7-9-23-10-8-20/h11-12,21H,7-10H2,1-6H3. The minimum atomic E-state index is -0.581. The van der Waals surface area contributed by atoms with Crippen molar-refractivity contribution in [3.63, 3.8) is 0 Å². The van der Waals surface area contributed by atoms with Gasteiger partial charge in [-0.2, -0.15) is 0 Å². The number of ether oxygens (including phenoxy) is 1. The second kappa shape index (κ2) is 6.25. The van der Waals surface area contributed by atoms with Crippen molar-refractivity contribution < 1.29 is 14.6 Å². The van der Waals surface area contributed by atoms with Crippen LogP contribution in [0.15, 0.2) is 12.1 Å². The lowest BCUT2D eigenvalue weighted by molar-refractivity contribution is -0.00430. The molecule has 0 radical (unpaired) electrons. The largest absolute Gasteiger partial charge is 0.507 e. The van der Waals surface area contributed by atoms with Gasteiger partial charge in [0.25, 0.3) is 0 Å². The summed E-state index contributed by atoms with van der Waals surface area (Å²) in [4.78, 5) is 15.3. The fourth-order valence-corrected chi connectivity index (χ4v) is 3.10. The van der Waals surface area contributed by atoms with E-state index in [4.69, 9.17) is 4.74 Å². The molecule has 0 amide bonds. The molecule has 0 bridgehead atoms. The van der Waals surface area contributed by atoms with E-state index in [1.54, 1.807) is 6.07 Å². The number of phenols is 1. The number of aryl methyl sites for hydroxylation is 1. The molecule has 0 atom stereocenters. The van der Waals surface area contributed by atoms with Gasteiger partial charge in [0.05, 0.1) is 18.8 Å². The first-order valence-corrected chi connectivity index (χ1v) is 8.27. The highest BCUT2D eigenvalue weighted by molar-refractivity contribution is 6.03. The Kier molecular flexibility index (Phi) is 4.88. The molecule has 23 heavy (non-hydrogen) atoms. The molecule has 1 aromatic rings. The zero-order chi connectivity index (χ0) is 17.4. The van der Waals surface area contributed by atoms with Crippen molar-refractivity contribution in [3.8, 4) is 5.75 Å². The molecule has 0 unspecified atom stereocenters. The lowest BCUT2D eigenvalue weighted by Gasteiger charge is -2.39. The van der Waals surface area contributed by atoms with Crippen molar-refractivity contribution in [2.75, 3.05) is 26.3 Å². The number of Topliss-reactive ketones (excluding diaryl/α,β-unsaturated/α-hetero) is 1. The minimum Gasteiger partial charge on any atom is -0.507 e. The fraction of sp³-hybridized carbons (Fsp3) is 0.632. The highest BCUT2D eigenvalue weighted by atomic mass is 16.5. The second-order valence-electron chi connectivity index (χ2n) is 7.93. The summed E-state index contributed by atoms with van der Waals surface area (Å²) in [5, 5.41) is 10.4. The maximum atomic E-state index is 13.1. The molecule has 1 heterocycles. The van der Waals surface area contributed by atoms with Gasteiger partial charge < -0.3 is 9.84 Å². The Morgan fingerprint density at radius 3 is 2.22 bits per heavy atom. The average molecular weight is 319 g/mol. The molecule has 1 aliphatic rings. The fourth-order valence-electron chi connectivity index (χ4n) is 3.10. The van der Waals surface area contributed by atoms with E-state index in [0.717, 1.165) is 24.2 Å². The number of carbonyl (C=O) groups excluding carboxylic acids is 1. The predicted molar refractivity (Wildman–Crippen MR) is 92.3 cm³/mol. The molecule has 4 nitrogen and oxygen atoms in total. The van der Waals surface area contributed by atoms with Crippen molar-refractivity contribution in [3.05, 3.63) is 28.8 Å². The Morgan fingerprint density at radius 2 is 1.70 bits per heavy atom. The smallest absolute Gasteiger partial charge is 0.182 e. The average Bonchev–Trinajstić information content (AvgIpc) is 2.48. The van der Waals surface area contributed by atoms with Crippen LogP contribution in [0, 0.1) is 6.92 Å². The van der Waals surface area contributed by atoms with E-state index < -0.39 is 5.54 Å². The number of ketones is 1. The molecule has 1 aromatic carbocycles. The third kappa shape index (κ3) is 3.59. The highest BCUT2D eigenvalue weighted by Crippen LogP contribution is 2.35. The van der Waals surface area contributed by atoms with Gasteiger partial charge in [0.15, 0.2) is 5.78 Å². The predicted octanol–water partition coefficient (Wildman–Crippen LogP) is 3.29. The summed E-state index contributed by atoms with van der Waals surface area (Å²) in [6, 6.07) is 3.65. The number of carbonyl (C=O) groups is 1. The van der Waals surface area contributed by atoms with Crippen molar-refractivity contribution in [1.29, 1.82) is 0 Å². The van der Waals surface area contributed by atoms with E-state index in [0.29, 0.717) is 24.5 Å². The molecule has 0 aliphatic carbocycles. The number of hydrogen-bond acceptors (Lipinski definition) is 4. The van der Waals surface area contributed by atoms with Gasteiger partial charge in [-0.1, -0.05) is 20.8 Å². The molecule has 0 saturated carbocycles. The molecule has 0 aromatic heterocycles. The summed E-state index contributed by atoms with van der Waals surface area (Å²) >= 11 is 0. The van der Waals surface area contributed by atoms with Crippen LogP contribution >= 0.6 is 0 Å². The van der Waals surface area contributed by atoms with E-state index in [-0.39, 0.29) is 11.2 Å². The summed E-state index contributed by atoms with van der Waals surface area (Å²) in [6.07, 6.45) is 0.